The molecular formula is C25H21ClN2O5S2. The Hall–Kier alpha value is -2.88. The van der Waals surface area contributed by atoms with Crippen molar-refractivity contribution in [1.29, 1.82) is 0 Å². The van der Waals surface area contributed by atoms with Gasteiger partial charge in [-0.25, -0.2) is 4.90 Å². The van der Waals surface area contributed by atoms with Gasteiger partial charge in [0.15, 0.2) is 0 Å². The normalized spacial score (nSPS) is 21.1. The molecule has 1 aromatic heterocycles. The van der Waals surface area contributed by atoms with E-state index < -0.39 is 23.1 Å². The van der Waals surface area contributed by atoms with Gasteiger partial charge in [0.1, 0.15) is 11.8 Å². The Morgan fingerprint density at radius 3 is 2.37 bits per heavy atom. The summed E-state index contributed by atoms with van der Waals surface area (Å²) in [7, 11) is 0. The van der Waals surface area contributed by atoms with E-state index >= 15 is 0 Å². The van der Waals surface area contributed by atoms with Gasteiger partial charge in [0.05, 0.1) is 23.2 Å². The van der Waals surface area contributed by atoms with E-state index in [9.17, 15) is 19.2 Å². The number of fused-ring (bicyclic) bond motifs is 2. The Bertz CT molecular complexity index is 1380. The summed E-state index contributed by atoms with van der Waals surface area (Å²) in [6.45, 7) is 3.58. The van der Waals surface area contributed by atoms with E-state index in [1.54, 1.807) is 31.2 Å². The number of rotatable bonds is 5. The smallest absolute Gasteiger partial charge is 0.326 e. The maximum Gasteiger partial charge on any atom is 0.326 e. The van der Waals surface area contributed by atoms with E-state index in [2.05, 4.69) is 0 Å². The molecule has 3 heterocycles. The number of aryl methyl sites for hydroxylation is 1. The lowest BCUT2D eigenvalue weighted by Gasteiger charge is -2.30. The maximum atomic E-state index is 13.8. The number of aromatic nitrogens is 1. The van der Waals surface area contributed by atoms with Crippen LogP contribution in [-0.2, 0) is 25.7 Å². The van der Waals surface area contributed by atoms with Crippen molar-refractivity contribution in [2.24, 2.45) is 5.92 Å². The third-order valence-corrected chi connectivity index (χ3v) is 9.02. The number of anilines is 1. The Kier molecular flexibility index (Phi) is 6.33. The van der Waals surface area contributed by atoms with Crippen molar-refractivity contribution in [2.45, 2.75) is 36.6 Å². The Morgan fingerprint density at radius 1 is 1.03 bits per heavy atom. The zero-order chi connectivity index (χ0) is 24.9. The molecule has 2 aliphatic heterocycles. The molecule has 3 atom stereocenters. The van der Waals surface area contributed by atoms with Gasteiger partial charge in [-0.1, -0.05) is 64.5 Å². The molecular weight excluding hydrogens is 508 g/mol. The summed E-state index contributed by atoms with van der Waals surface area (Å²) in [4.78, 5) is 54.1. The molecule has 3 aromatic rings. The van der Waals surface area contributed by atoms with E-state index in [-0.39, 0.29) is 29.8 Å². The lowest BCUT2D eigenvalue weighted by Crippen LogP contribution is -2.32. The van der Waals surface area contributed by atoms with Crippen LogP contribution in [0, 0.1) is 12.8 Å². The monoisotopic (exact) mass is 528 g/mol. The quantitative estimate of drug-likeness (QED) is 0.364. The number of amides is 2. The number of thioether (sulfide) groups is 1. The largest absolute Gasteiger partial charge is 0.465 e. The average Bonchev–Trinajstić information content (AvgIpc) is 3.27. The first kappa shape index (κ1) is 23.8. The molecule has 1 fully saturated rings. The van der Waals surface area contributed by atoms with Crippen LogP contribution in [0.25, 0.3) is 0 Å². The molecule has 2 aliphatic rings. The average molecular weight is 529 g/mol. The van der Waals surface area contributed by atoms with E-state index in [1.165, 1.54) is 21.2 Å². The highest BCUT2D eigenvalue weighted by Gasteiger charge is 2.56. The standard InChI is InChI=1S/C25H21ClN2O5S2/c1-3-33-17(29)12-27-24-21(35-25(27)32)18(14-6-8-15(26)9-7-14)19-20(34-24)23(31)28(22(19)30)16-10-4-13(2)5-11-16/h4-11,18-20H,3,12H2,1-2H3/t18-,19-,20+/m0/s1. The predicted molar refractivity (Wildman–Crippen MR) is 135 cm³/mol. The highest BCUT2D eigenvalue weighted by Crippen LogP contribution is 2.53. The van der Waals surface area contributed by atoms with Crippen LogP contribution in [-0.4, -0.2) is 34.2 Å². The van der Waals surface area contributed by atoms with E-state index in [0.717, 1.165) is 22.5 Å². The second-order valence-electron chi connectivity index (χ2n) is 8.37. The fourth-order valence-electron chi connectivity index (χ4n) is 4.57. The van der Waals surface area contributed by atoms with Crippen LogP contribution in [0.1, 0.15) is 28.8 Å². The summed E-state index contributed by atoms with van der Waals surface area (Å²) in [5.74, 6) is -2.39. The lowest BCUT2D eigenvalue weighted by atomic mass is 9.83. The highest BCUT2D eigenvalue weighted by molar-refractivity contribution is 8.00. The molecule has 0 radical (unpaired) electrons. The first-order valence-electron chi connectivity index (χ1n) is 11.1. The Morgan fingerprint density at radius 2 is 1.71 bits per heavy atom. The fourth-order valence-corrected chi connectivity index (χ4v) is 7.47. The van der Waals surface area contributed by atoms with Gasteiger partial charge in [-0.3, -0.25) is 23.7 Å². The first-order chi connectivity index (χ1) is 16.8. The maximum absolute atomic E-state index is 13.8. The number of imide groups is 1. The summed E-state index contributed by atoms with van der Waals surface area (Å²) in [6.07, 6.45) is 0. The summed E-state index contributed by atoms with van der Waals surface area (Å²) in [6, 6.07) is 14.3. The zero-order valence-corrected chi connectivity index (χ0v) is 21.3. The second kappa shape index (κ2) is 9.29. The van der Waals surface area contributed by atoms with Crippen LogP contribution in [0.3, 0.4) is 0 Å². The number of carbonyl (C=O) groups excluding carboxylic acids is 3. The van der Waals surface area contributed by atoms with Gasteiger partial charge in [0.25, 0.3) is 0 Å². The van der Waals surface area contributed by atoms with Crippen LogP contribution >= 0.6 is 34.7 Å². The Labute approximate surface area is 214 Å². The first-order valence-corrected chi connectivity index (χ1v) is 13.1. The van der Waals surface area contributed by atoms with Crippen LogP contribution in [0.15, 0.2) is 58.4 Å². The minimum atomic E-state index is -0.737. The number of thiazole rings is 1. The summed E-state index contributed by atoms with van der Waals surface area (Å²) in [5, 5.41) is 0.333. The van der Waals surface area contributed by atoms with Crippen molar-refractivity contribution in [3.05, 3.63) is 79.2 Å². The number of ether oxygens (including phenoxy) is 1. The number of hydrogen-bond donors (Lipinski definition) is 0. The number of halogens is 1. The number of hydrogen-bond acceptors (Lipinski definition) is 7. The zero-order valence-electron chi connectivity index (χ0n) is 18.9. The molecule has 5 rings (SSSR count). The molecule has 1 saturated heterocycles. The molecule has 7 nitrogen and oxygen atoms in total. The third kappa shape index (κ3) is 4.11. The van der Waals surface area contributed by atoms with Crippen molar-refractivity contribution in [1.82, 2.24) is 4.57 Å². The summed E-state index contributed by atoms with van der Waals surface area (Å²) >= 11 is 8.29. The Balaban J connectivity index is 1.64. The van der Waals surface area contributed by atoms with Crippen LogP contribution < -0.4 is 9.77 Å². The van der Waals surface area contributed by atoms with Gasteiger partial charge >= 0.3 is 10.8 Å². The molecule has 2 amide bonds. The third-order valence-electron chi connectivity index (χ3n) is 6.16. The summed E-state index contributed by atoms with van der Waals surface area (Å²) in [5.41, 5.74) is 2.31. The number of nitrogens with zero attached hydrogens (tertiary/aromatic N) is 2. The van der Waals surface area contributed by atoms with Gasteiger partial charge in [-0.15, -0.1) is 0 Å². The van der Waals surface area contributed by atoms with Crippen molar-refractivity contribution in [2.75, 3.05) is 11.5 Å². The number of carbonyl (C=O) groups is 3. The molecule has 35 heavy (non-hydrogen) atoms. The van der Waals surface area contributed by atoms with Crippen molar-refractivity contribution in [3.63, 3.8) is 0 Å². The van der Waals surface area contributed by atoms with Gasteiger partial charge in [0, 0.05) is 15.8 Å². The van der Waals surface area contributed by atoms with Crippen LogP contribution in [0.2, 0.25) is 5.02 Å². The SMILES string of the molecule is CCOC(=O)Cn1c2c(sc1=O)[C@@H](c1ccc(Cl)cc1)[C@@H]1C(=O)N(c3ccc(C)cc3)C(=O)[C@@H]1S2. The molecule has 0 aliphatic carbocycles. The molecule has 0 unspecified atom stereocenters. The van der Waals surface area contributed by atoms with Crippen molar-refractivity contribution >= 4 is 58.2 Å². The van der Waals surface area contributed by atoms with Gasteiger partial charge in [-0.2, -0.15) is 0 Å². The minimum absolute atomic E-state index is 0.198. The van der Waals surface area contributed by atoms with E-state index in [4.69, 9.17) is 16.3 Å². The van der Waals surface area contributed by atoms with E-state index in [0.29, 0.717) is 20.6 Å². The van der Waals surface area contributed by atoms with Crippen LogP contribution in [0.5, 0.6) is 0 Å². The predicted octanol–water partition coefficient (Wildman–Crippen LogP) is 4.23. The number of benzene rings is 2. The topological polar surface area (TPSA) is 85.7 Å². The lowest BCUT2D eigenvalue weighted by molar-refractivity contribution is -0.144. The van der Waals surface area contributed by atoms with Gasteiger partial charge < -0.3 is 4.74 Å². The number of esters is 1. The minimum Gasteiger partial charge on any atom is -0.465 e. The molecule has 0 N–H and O–H groups in total. The van der Waals surface area contributed by atoms with Gasteiger partial charge in [-0.05, 0) is 43.7 Å². The summed E-state index contributed by atoms with van der Waals surface area (Å²) < 4.78 is 6.40. The van der Waals surface area contributed by atoms with E-state index in [1.807, 2.05) is 31.2 Å². The fraction of sp³-hybridized carbons (Fsp3) is 0.280. The molecule has 0 spiro atoms. The molecule has 10 heteroatoms. The molecule has 0 saturated carbocycles. The highest BCUT2D eigenvalue weighted by atomic mass is 35.5. The second-order valence-corrected chi connectivity index (χ2v) is 10.9. The molecule has 2 aromatic carbocycles. The van der Waals surface area contributed by atoms with Crippen LogP contribution in [0.4, 0.5) is 5.69 Å². The molecule has 180 valence electrons. The van der Waals surface area contributed by atoms with Gasteiger partial charge in [0.2, 0.25) is 11.8 Å². The van der Waals surface area contributed by atoms with Crippen molar-refractivity contribution in [3.8, 4) is 0 Å². The molecule has 0 bridgehead atoms. The van der Waals surface area contributed by atoms with Crippen molar-refractivity contribution < 1.29 is 19.1 Å².